The van der Waals surface area contributed by atoms with Gasteiger partial charge in [0.05, 0.1) is 28.2 Å². The lowest BCUT2D eigenvalue weighted by Gasteiger charge is -2.36. The summed E-state index contributed by atoms with van der Waals surface area (Å²) in [6.45, 7) is 4.36. The second-order valence-corrected chi connectivity index (χ2v) is 8.93. The predicted octanol–water partition coefficient (Wildman–Crippen LogP) is 3.50. The van der Waals surface area contributed by atoms with Gasteiger partial charge in [-0.05, 0) is 32.8 Å². The zero-order valence-electron chi connectivity index (χ0n) is 15.9. The molecule has 1 aromatic heterocycles. The first-order valence-electron chi connectivity index (χ1n) is 9.21. The van der Waals surface area contributed by atoms with E-state index in [1.165, 1.54) is 0 Å². The summed E-state index contributed by atoms with van der Waals surface area (Å²) >= 11 is 0.991. The van der Waals surface area contributed by atoms with Crippen molar-refractivity contribution < 1.29 is 22.7 Å². The zero-order valence-corrected chi connectivity index (χ0v) is 16.7. The number of amides is 1. The third-order valence-electron chi connectivity index (χ3n) is 5.25. The number of hydrogen-bond acceptors (Lipinski definition) is 4. The molecule has 2 atom stereocenters. The molecular weight excluding hydrogens is 407 g/mol. The molecule has 2 aliphatic heterocycles. The first-order chi connectivity index (χ1) is 13.7. The third-order valence-corrected chi connectivity index (χ3v) is 6.50. The molecule has 0 bridgehead atoms. The van der Waals surface area contributed by atoms with Crippen LogP contribution in [0.1, 0.15) is 49.1 Å². The maximum Gasteiger partial charge on any atom is 0.270 e. The molecule has 2 aromatic rings. The highest BCUT2D eigenvalue weighted by molar-refractivity contribution is 8.00. The van der Waals surface area contributed by atoms with Crippen molar-refractivity contribution in [2.45, 2.75) is 43.6 Å². The van der Waals surface area contributed by atoms with Crippen LogP contribution in [0.5, 0.6) is 0 Å². The first-order valence-corrected chi connectivity index (χ1v) is 10.3. The van der Waals surface area contributed by atoms with Gasteiger partial charge >= 0.3 is 0 Å². The number of aromatic nitrogens is 2. The van der Waals surface area contributed by atoms with E-state index in [1.54, 1.807) is 4.68 Å². The highest BCUT2D eigenvalue weighted by Gasteiger charge is 2.37. The second-order valence-electron chi connectivity index (χ2n) is 7.83. The molecule has 29 heavy (non-hydrogen) atoms. The highest BCUT2D eigenvalue weighted by Crippen LogP contribution is 2.43. The van der Waals surface area contributed by atoms with Gasteiger partial charge in [0.25, 0.3) is 5.56 Å². The predicted molar refractivity (Wildman–Crippen MR) is 103 cm³/mol. The van der Waals surface area contributed by atoms with Crippen LogP contribution in [0, 0.1) is 17.5 Å². The van der Waals surface area contributed by atoms with Crippen LogP contribution in [0.3, 0.4) is 0 Å². The molecule has 2 N–H and O–H groups in total. The van der Waals surface area contributed by atoms with E-state index in [1.807, 2.05) is 13.8 Å². The average Bonchev–Trinajstić information content (AvgIpc) is 2.86. The Hall–Kier alpha value is -2.20. The molecule has 6 nitrogen and oxygen atoms in total. The minimum atomic E-state index is -1.60. The van der Waals surface area contributed by atoms with Gasteiger partial charge in [-0.2, -0.15) is 0 Å². The smallest absolute Gasteiger partial charge is 0.270 e. The van der Waals surface area contributed by atoms with Crippen LogP contribution in [0.4, 0.5) is 19.0 Å². The molecular formula is C19H20F3N3O3S. The van der Waals surface area contributed by atoms with Gasteiger partial charge in [0.1, 0.15) is 5.82 Å². The fourth-order valence-corrected chi connectivity index (χ4v) is 5.06. The first kappa shape index (κ1) is 20.1. The van der Waals surface area contributed by atoms with Crippen molar-refractivity contribution in [3.63, 3.8) is 0 Å². The summed E-state index contributed by atoms with van der Waals surface area (Å²) in [7, 11) is 0. The van der Waals surface area contributed by atoms with Crippen LogP contribution in [-0.2, 0) is 9.53 Å². The standard InChI is InChI=1S/C19H20F3N3O3S/c1-19(2)7-9(5-6-28-19)25-17-13(18(27)24-25)16(29-8-12(26)23-17)10-3-4-11(20)15(22)14(10)21/h3-4,9,16H,5-8H2,1-2H3,(H,23,26)(H,24,27)/t9-,16-/m1/s1. The van der Waals surface area contributed by atoms with Gasteiger partial charge in [-0.15, -0.1) is 11.8 Å². The highest BCUT2D eigenvalue weighted by atomic mass is 32.2. The number of rotatable bonds is 2. The van der Waals surface area contributed by atoms with Gasteiger partial charge < -0.3 is 10.1 Å². The van der Waals surface area contributed by atoms with Crippen LogP contribution in [0.15, 0.2) is 16.9 Å². The molecule has 10 heteroatoms. The van der Waals surface area contributed by atoms with Crippen molar-refractivity contribution in [3.8, 4) is 0 Å². The van der Waals surface area contributed by atoms with Crippen molar-refractivity contribution in [1.29, 1.82) is 0 Å². The van der Waals surface area contributed by atoms with Crippen molar-refractivity contribution in [2.24, 2.45) is 0 Å². The van der Waals surface area contributed by atoms with E-state index in [2.05, 4.69) is 10.4 Å². The van der Waals surface area contributed by atoms with Crippen molar-refractivity contribution in [3.05, 3.63) is 51.1 Å². The summed E-state index contributed by atoms with van der Waals surface area (Å²) in [6.07, 6.45) is 1.21. The van der Waals surface area contributed by atoms with Crippen molar-refractivity contribution in [2.75, 3.05) is 17.7 Å². The number of H-pyrrole nitrogens is 1. The van der Waals surface area contributed by atoms with Crippen LogP contribution in [0.25, 0.3) is 0 Å². The number of fused-ring (bicyclic) bond motifs is 1. The van der Waals surface area contributed by atoms with Crippen LogP contribution in [-0.4, -0.2) is 33.6 Å². The molecule has 2 aliphatic rings. The zero-order chi connectivity index (χ0) is 20.9. The molecule has 4 rings (SSSR count). The Labute approximate surface area is 168 Å². The Balaban J connectivity index is 1.84. The normalized spacial score (nSPS) is 24.0. The lowest BCUT2D eigenvalue weighted by atomic mass is 9.94. The molecule has 1 aromatic carbocycles. The number of hydrogen-bond donors (Lipinski definition) is 2. The van der Waals surface area contributed by atoms with Crippen molar-refractivity contribution in [1.82, 2.24) is 9.78 Å². The topological polar surface area (TPSA) is 76.1 Å². The van der Waals surface area contributed by atoms with Crippen LogP contribution in [0.2, 0.25) is 0 Å². The number of anilines is 1. The number of nitrogens with one attached hydrogen (secondary N) is 2. The number of benzene rings is 1. The van der Waals surface area contributed by atoms with Gasteiger partial charge in [0, 0.05) is 12.2 Å². The molecule has 0 aliphatic carbocycles. The molecule has 0 radical (unpaired) electrons. The van der Waals surface area contributed by atoms with E-state index >= 15 is 0 Å². The minimum Gasteiger partial charge on any atom is -0.375 e. The second kappa shape index (κ2) is 7.24. The number of carbonyl (C=O) groups excluding carboxylic acids is 1. The maximum atomic E-state index is 14.5. The SMILES string of the molecule is CC1(C)C[C@H](n2[nH]c(=O)c3c2NC(=O)CS[C@@H]3c2ccc(F)c(F)c2F)CCO1. The summed E-state index contributed by atoms with van der Waals surface area (Å²) < 4.78 is 49.0. The Kier molecular flexibility index (Phi) is 5.02. The number of carbonyl (C=O) groups is 1. The van der Waals surface area contributed by atoms with Crippen molar-refractivity contribution >= 4 is 23.5 Å². The van der Waals surface area contributed by atoms with E-state index in [4.69, 9.17) is 4.74 Å². The molecule has 1 saturated heterocycles. The Bertz CT molecular complexity index is 1030. The molecule has 3 heterocycles. The molecule has 0 unspecified atom stereocenters. The average molecular weight is 427 g/mol. The Morgan fingerprint density at radius 2 is 1.97 bits per heavy atom. The molecule has 156 valence electrons. The number of ether oxygens (including phenoxy) is 1. The van der Waals surface area contributed by atoms with E-state index in [0.717, 1.165) is 23.9 Å². The Morgan fingerprint density at radius 3 is 2.69 bits per heavy atom. The lowest BCUT2D eigenvalue weighted by Crippen LogP contribution is -2.36. The summed E-state index contributed by atoms with van der Waals surface area (Å²) in [5.74, 6) is -4.45. The lowest BCUT2D eigenvalue weighted by molar-refractivity contribution is -0.113. The van der Waals surface area contributed by atoms with Gasteiger partial charge in [-0.1, -0.05) is 6.07 Å². The molecule has 0 saturated carbocycles. The summed E-state index contributed by atoms with van der Waals surface area (Å²) in [4.78, 5) is 25.1. The fourth-order valence-electron chi connectivity index (χ4n) is 3.93. The molecule has 1 fully saturated rings. The quantitative estimate of drug-likeness (QED) is 0.720. The number of aromatic amines is 1. The van der Waals surface area contributed by atoms with Gasteiger partial charge in [-0.25, -0.2) is 13.2 Å². The summed E-state index contributed by atoms with van der Waals surface area (Å²) in [5.41, 5.74) is -0.975. The van der Waals surface area contributed by atoms with Crippen LogP contribution >= 0.6 is 11.8 Å². The Morgan fingerprint density at radius 1 is 1.21 bits per heavy atom. The van der Waals surface area contributed by atoms with Gasteiger partial charge in [0.15, 0.2) is 17.5 Å². The van der Waals surface area contributed by atoms with Gasteiger partial charge in [0.2, 0.25) is 5.91 Å². The third kappa shape index (κ3) is 3.59. The molecule has 0 spiro atoms. The minimum absolute atomic E-state index is 0.0590. The van der Waals surface area contributed by atoms with Gasteiger partial charge in [-0.3, -0.25) is 19.4 Å². The van der Waals surface area contributed by atoms with E-state index < -0.39 is 33.9 Å². The summed E-state index contributed by atoms with van der Waals surface area (Å²) in [5, 5.41) is 4.50. The van der Waals surface area contributed by atoms with E-state index in [0.29, 0.717) is 19.4 Å². The maximum absolute atomic E-state index is 14.5. The monoisotopic (exact) mass is 427 g/mol. The number of thioether (sulfide) groups is 1. The van der Waals surface area contributed by atoms with Crippen LogP contribution < -0.4 is 10.9 Å². The van der Waals surface area contributed by atoms with E-state index in [9.17, 15) is 22.8 Å². The fraction of sp³-hybridized carbons (Fsp3) is 0.474. The number of nitrogens with zero attached hydrogens (tertiary/aromatic N) is 1. The van der Waals surface area contributed by atoms with E-state index in [-0.39, 0.29) is 34.6 Å². The summed E-state index contributed by atoms with van der Waals surface area (Å²) in [6, 6.07) is 1.79. The largest absolute Gasteiger partial charge is 0.375 e. The molecule has 1 amide bonds. The number of halogens is 3.